The number of benzene rings is 2. The monoisotopic (exact) mass is 387 g/mol. The number of carbonyl (C=O) groups excluding carboxylic acids is 1. The minimum atomic E-state index is -0.141. The maximum Gasteiger partial charge on any atom is 0.255 e. The van der Waals surface area contributed by atoms with Gasteiger partial charge in [0.05, 0.1) is 0 Å². The lowest BCUT2D eigenvalue weighted by molar-refractivity contribution is 0.102. The van der Waals surface area contributed by atoms with E-state index in [0.29, 0.717) is 5.56 Å². The van der Waals surface area contributed by atoms with Crippen molar-refractivity contribution in [2.45, 2.75) is 0 Å². The number of amides is 1. The number of hydrogen-bond donors (Lipinski definition) is 1. The molecule has 2 rings (SSSR count). The summed E-state index contributed by atoms with van der Waals surface area (Å²) in [7, 11) is 0. The second kappa shape index (κ2) is 11.3. The fourth-order valence-electron chi connectivity index (χ4n) is 2.98. The molecule has 4 heteroatoms. The Balaban J connectivity index is 2.05. The van der Waals surface area contributed by atoms with Crippen LogP contribution in [0.5, 0.6) is 0 Å². The third-order valence-electron chi connectivity index (χ3n) is 4.38. The largest absolute Gasteiger partial charge is 0.364 e. The molecule has 0 aliphatic rings. The van der Waals surface area contributed by atoms with Gasteiger partial charge >= 0.3 is 0 Å². The molecule has 0 spiro atoms. The number of hydrogen-bond acceptors (Lipinski definition) is 3. The molecule has 0 radical (unpaired) electrons. The molecule has 0 aliphatic heterocycles. The number of anilines is 3. The second-order valence-electron chi connectivity index (χ2n) is 6.51. The first-order valence-corrected chi connectivity index (χ1v) is 9.57. The summed E-state index contributed by atoms with van der Waals surface area (Å²) in [5.41, 5.74) is 3.43. The molecule has 0 atom stereocenters. The lowest BCUT2D eigenvalue weighted by atomic mass is 10.1. The molecule has 0 aromatic heterocycles. The van der Waals surface area contributed by atoms with Crippen molar-refractivity contribution >= 4 is 23.0 Å². The van der Waals surface area contributed by atoms with E-state index in [1.165, 1.54) is 0 Å². The second-order valence-corrected chi connectivity index (χ2v) is 6.51. The van der Waals surface area contributed by atoms with Crippen LogP contribution in [0.15, 0.2) is 99.2 Å². The van der Waals surface area contributed by atoms with E-state index in [1.54, 1.807) is 0 Å². The summed E-state index contributed by atoms with van der Waals surface area (Å²) in [6.45, 7) is 18.1. The molecule has 29 heavy (non-hydrogen) atoms. The molecule has 4 nitrogen and oxygen atoms in total. The SMILES string of the molecule is C=CCN(CC=C)c1ccc(NC(=O)c2ccc(N(CC=C)CC=C)cc2)cc1. The van der Waals surface area contributed by atoms with Crippen molar-refractivity contribution in [1.82, 2.24) is 0 Å². The third kappa shape index (κ3) is 6.25. The van der Waals surface area contributed by atoms with E-state index in [2.05, 4.69) is 41.4 Å². The molecule has 0 aliphatic carbocycles. The summed E-state index contributed by atoms with van der Waals surface area (Å²) in [5, 5.41) is 2.94. The van der Waals surface area contributed by atoms with Crippen molar-refractivity contribution in [2.24, 2.45) is 0 Å². The van der Waals surface area contributed by atoms with E-state index in [9.17, 15) is 4.79 Å². The highest BCUT2D eigenvalue weighted by molar-refractivity contribution is 6.04. The average Bonchev–Trinajstić information content (AvgIpc) is 2.74. The van der Waals surface area contributed by atoms with E-state index < -0.39 is 0 Å². The van der Waals surface area contributed by atoms with Crippen molar-refractivity contribution in [2.75, 3.05) is 41.3 Å². The van der Waals surface area contributed by atoms with Gasteiger partial charge in [0.15, 0.2) is 0 Å². The van der Waals surface area contributed by atoms with Gasteiger partial charge in [-0.1, -0.05) is 24.3 Å². The molecule has 1 amide bonds. The van der Waals surface area contributed by atoms with Crippen LogP contribution in [-0.2, 0) is 0 Å². The zero-order valence-electron chi connectivity index (χ0n) is 16.9. The van der Waals surface area contributed by atoms with Gasteiger partial charge in [0.1, 0.15) is 0 Å². The molecule has 0 unspecified atom stereocenters. The van der Waals surface area contributed by atoms with Gasteiger partial charge in [-0.25, -0.2) is 0 Å². The maximum absolute atomic E-state index is 12.6. The van der Waals surface area contributed by atoms with E-state index in [-0.39, 0.29) is 5.91 Å². The maximum atomic E-state index is 12.6. The Morgan fingerprint density at radius 3 is 1.45 bits per heavy atom. The summed E-state index contributed by atoms with van der Waals surface area (Å²) in [5.74, 6) is -0.141. The zero-order chi connectivity index (χ0) is 21.1. The first kappa shape index (κ1) is 21.8. The van der Waals surface area contributed by atoms with Crippen LogP contribution in [0, 0.1) is 0 Å². The summed E-state index contributed by atoms with van der Waals surface area (Å²) in [6.07, 6.45) is 7.40. The molecular formula is C25H29N3O. The lowest BCUT2D eigenvalue weighted by Crippen LogP contribution is -2.23. The van der Waals surface area contributed by atoms with Crippen LogP contribution in [0.2, 0.25) is 0 Å². The molecule has 2 aromatic rings. The highest BCUT2D eigenvalue weighted by Gasteiger charge is 2.09. The normalized spacial score (nSPS) is 9.93. The van der Waals surface area contributed by atoms with Crippen LogP contribution in [0.4, 0.5) is 17.1 Å². The van der Waals surface area contributed by atoms with Gasteiger partial charge in [0.2, 0.25) is 0 Å². The van der Waals surface area contributed by atoms with E-state index in [4.69, 9.17) is 0 Å². The zero-order valence-corrected chi connectivity index (χ0v) is 16.9. The Labute approximate surface area is 174 Å². The molecular weight excluding hydrogens is 358 g/mol. The van der Waals surface area contributed by atoms with Crippen molar-refractivity contribution in [3.8, 4) is 0 Å². The minimum absolute atomic E-state index is 0.141. The molecule has 0 saturated carbocycles. The van der Waals surface area contributed by atoms with Gasteiger partial charge in [-0.3, -0.25) is 4.79 Å². The number of nitrogens with zero attached hydrogens (tertiary/aromatic N) is 2. The molecule has 0 heterocycles. The standard InChI is InChI=1S/C25H29N3O/c1-5-17-27(18-6-2)23-13-9-21(10-14-23)25(29)26-22-11-15-24(16-12-22)28(19-7-3)20-8-4/h5-16H,1-4,17-20H2,(H,26,29). The summed E-state index contributed by atoms with van der Waals surface area (Å²) in [4.78, 5) is 16.8. The predicted octanol–water partition coefficient (Wildman–Crippen LogP) is 5.30. The van der Waals surface area contributed by atoms with Gasteiger partial charge < -0.3 is 15.1 Å². The van der Waals surface area contributed by atoms with Gasteiger partial charge in [0.25, 0.3) is 5.91 Å². The number of nitrogens with one attached hydrogen (secondary N) is 1. The van der Waals surface area contributed by atoms with Crippen molar-refractivity contribution in [1.29, 1.82) is 0 Å². The van der Waals surface area contributed by atoms with Crippen LogP contribution in [0.3, 0.4) is 0 Å². The molecule has 1 N–H and O–H groups in total. The average molecular weight is 388 g/mol. The third-order valence-corrected chi connectivity index (χ3v) is 4.38. The highest BCUT2D eigenvalue weighted by Crippen LogP contribution is 2.20. The van der Waals surface area contributed by atoms with Gasteiger partial charge in [-0.05, 0) is 48.5 Å². The van der Waals surface area contributed by atoms with Gasteiger partial charge in [0, 0.05) is 48.8 Å². The summed E-state index contributed by atoms with van der Waals surface area (Å²) < 4.78 is 0. The number of carbonyl (C=O) groups is 1. The molecule has 2 aromatic carbocycles. The van der Waals surface area contributed by atoms with E-state index in [0.717, 1.165) is 43.2 Å². The van der Waals surface area contributed by atoms with Gasteiger partial charge in [-0.2, -0.15) is 0 Å². The molecule has 0 fully saturated rings. The Morgan fingerprint density at radius 1 is 0.690 bits per heavy atom. The highest BCUT2D eigenvalue weighted by atomic mass is 16.1. The fraction of sp³-hybridized carbons (Fsp3) is 0.160. The smallest absolute Gasteiger partial charge is 0.255 e. The number of rotatable bonds is 12. The van der Waals surface area contributed by atoms with Crippen LogP contribution >= 0.6 is 0 Å². The summed E-state index contributed by atoms with van der Waals surface area (Å²) >= 11 is 0. The first-order valence-electron chi connectivity index (χ1n) is 9.57. The Bertz CT molecular complexity index is 817. The summed E-state index contributed by atoms with van der Waals surface area (Å²) in [6, 6.07) is 15.3. The Hall–Kier alpha value is -3.53. The van der Waals surface area contributed by atoms with Crippen molar-refractivity contribution < 1.29 is 4.79 Å². The van der Waals surface area contributed by atoms with Gasteiger partial charge in [-0.15, -0.1) is 26.3 Å². The molecule has 0 bridgehead atoms. The van der Waals surface area contributed by atoms with Crippen LogP contribution < -0.4 is 15.1 Å². The topological polar surface area (TPSA) is 35.6 Å². The lowest BCUT2D eigenvalue weighted by Gasteiger charge is -2.22. The van der Waals surface area contributed by atoms with Crippen LogP contribution in [0.1, 0.15) is 10.4 Å². The van der Waals surface area contributed by atoms with Crippen molar-refractivity contribution in [3.05, 3.63) is 105 Å². The van der Waals surface area contributed by atoms with Crippen molar-refractivity contribution in [3.63, 3.8) is 0 Å². The fourth-order valence-corrected chi connectivity index (χ4v) is 2.98. The Kier molecular flexibility index (Phi) is 8.51. The van der Waals surface area contributed by atoms with Crippen LogP contribution in [0.25, 0.3) is 0 Å². The van der Waals surface area contributed by atoms with Crippen LogP contribution in [-0.4, -0.2) is 32.1 Å². The predicted molar refractivity (Wildman–Crippen MR) is 126 cm³/mol. The first-order chi connectivity index (χ1) is 14.1. The molecule has 0 saturated heterocycles. The quantitative estimate of drug-likeness (QED) is 0.502. The van der Waals surface area contributed by atoms with E-state index in [1.807, 2.05) is 72.8 Å². The minimum Gasteiger partial charge on any atom is -0.364 e. The molecule has 150 valence electrons. The van der Waals surface area contributed by atoms with E-state index >= 15 is 0 Å². The Morgan fingerprint density at radius 2 is 1.07 bits per heavy atom.